The van der Waals surface area contributed by atoms with Gasteiger partial charge in [-0.2, -0.15) is 10.4 Å². The summed E-state index contributed by atoms with van der Waals surface area (Å²) >= 11 is 0. The molecule has 0 amide bonds. The van der Waals surface area contributed by atoms with Crippen LogP contribution in [0.1, 0.15) is 25.8 Å². The first-order valence-electron chi connectivity index (χ1n) is 4.77. The monoisotopic (exact) mass is 220 g/mol. The van der Waals surface area contributed by atoms with Crippen LogP contribution in [-0.4, -0.2) is 26.8 Å². The van der Waals surface area contributed by atoms with E-state index in [0.29, 0.717) is 6.42 Å². The molecule has 84 valence electrons. The number of anilines is 1. The first-order chi connectivity index (χ1) is 7.53. The second kappa shape index (κ2) is 4.57. The molecule has 0 saturated heterocycles. The van der Waals surface area contributed by atoms with Crippen molar-refractivity contribution in [3.63, 3.8) is 0 Å². The Bertz CT molecular complexity index is 441. The highest BCUT2D eigenvalue weighted by atomic mass is 16.4. The van der Waals surface area contributed by atoms with Gasteiger partial charge in [-0.25, -0.2) is 4.79 Å². The van der Waals surface area contributed by atoms with Crippen LogP contribution in [0, 0.1) is 11.3 Å². The summed E-state index contributed by atoms with van der Waals surface area (Å²) in [7, 11) is 0. The summed E-state index contributed by atoms with van der Waals surface area (Å²) in [5.41, 5.74) is -0.877. The van der Waals surface area contributed by atoms with Crippen molar-refractivity contribution in [3.8, 4) is 6.07 Å². The summed E-state index contributed by atoms with van der Waals surface area (Å²) in [6.07, 6.45) is 1.75. The van der Waals surface area contributed by atoms with Gasteiger partial charge in [0.15, 0.2) is 5.82 Å². The summed E-state index contributed by atoms with van der Waals surface area (Å²) in [6, 6.07) is 3.40. The molecule has 1 atom stereocenters. The number of rotatable bonds is 4. The second-order valence-corrected chi connectivity index (χ2v) is 3.52. The van der Waals surface area contributed by atoms with E-state index in [9.17, 15) is 4.79 Å². The minimum Gasteiger partial charge on any atom is -0.480 e. The standard InChI is InChI=1S/C10H12N4O2/c1-3-10(2,9(15)16)13-8-7(6-11)4-5-12-14-8/h4-5H,3H2,1-2H3,(H,13,14)(H,15,16). The van der Waals surface area contributed by atoms with E-state index in [1.54, 1.807) is 6.92 Å². The number of nitriles is 1. The van der Waals surface area contributed by atoms with Crippen molar-refractivity contribution in [1.29, 1.82) is 5.26 Å². The molecule has 1 aromatic heterocycles. The zero-order chi connectivity index (χ0) is 12.2. The lowest BCUT2D eigenvalue weighted by Gasteiger charge is -2.25. The maximum atomic E-state index is 11.1. The number of aliphatic carboxylic acids is 1. The highest BCUT2D eigenvalue weighted by Crippen LogP contribution is 2.19. The van der Waals surface area contributed by atoms with Gasteiger partial charge in [-0.1, -0.05) is 6.92 Å². The smallest absolute Gasteiger partial charge is 0.329 e. The molecule has 0 aromatic carbocycles. The third-order valence-corrected chi connectivity index (χ3v) is 2.41. The maximum Gasteiger partial charge on any atom is 0.329 e. The Morgan fingerprint density at radius 2 is 2.44 bits per heavy atom. The van der Waals surface area contributed by atoms with Crippen LogP contribution in [0.15, 0.2) is 12.3 Å². The van der Waals surface area contributed by atoms with Crippen molar-refractivity contribution in [1.82, 2.24) is 10.2 Å². The number of carboxylic acids is 1. The number of nitrogens with one attached hydrogen (secondary N) is 1. The molecule has 1 rings (SSSR count). The quantitative estimate of drug-likeness (QED) is 0.785. The topological polar surface area (TPSA) is 98.9 Å². The van der Waals surface area contributed by atoms with Crippen molar-refractivity contribution in [2.45, 2.75) is 25.8 Å². The molecule has 1 unspecified atom stereocenters. The number of carboxylic acid groups (broad SMARTS) is 1. The third-order valence-electron chi connectivity index (χ3n) is 2.41. The van der Waals surface area contributed by atoms with E-state index >= 15 is 0 Å². The van der Waals surface area contributed by atoms with E-state index in [1.807, 2.05) is 6.07 Å². The average molecular weight is 220 g/mol. The predicted molar refractivity (Wildman–Crippen MR) is 56.7 cm³/mol. The summed E-state index contributed by atoms with van der Waals surface area (Å²) in [5.74, 6) is -0.804. The van der Waals surface area contributed by atoms with Gasteiger partial charge in [-0.05, 0) is 19.4 Å². The fourth-order valence-electron chi connectivity index (χ4n) is 1.07. The van der Waals surface area contributed by atoms with Crippen molar-refractivity contribution in [2.75, 3.05) is 5.32 Å². The van der Waals surface area contributed by atoms with E-state index in [4.69, 9.17) is 10.4 Å². The summed E-state index contributed by atoms with van der Waals surface area (Å²) in [5, 5.41) is 27.9. The van der Waals surface area contributed by atoms with Gasteiger partial charge in [0, 0.05) is 0 Å². The largest absolute Gasteiger partial charge is 0.480 e. The van der Waals surface area contributed by atoms with Crippen molar-refractivity contribution < 1.29 is 9.90 Å². The molecule has 6 heteroatoms. The minimum absolute atomic E-state index is 0.191. The van der Waals surface area contributed by atoms with Gasteiger partial charge < -0.3 is 10.4 Å². The number of nitrogens with zero attached hydrogens (tertiary/aromatic N) is 3. The average Bonchev–Trinajstić information content (AvgIpc) is 2.29. The van der Waals surface area contributed by atoms with Gasteiger partial charge in [0.2, 0.25) is 0 Å². The molecule has 0 saturated carbocycles. The normalized spacial score (nSPS) is 13.6. The number of hydrogen-bond donors (Lipinski definition) is 2. The third kappa shape index (κ3) is 2.25. The van der Waals surface area contributed by atoms with Crippen molar-refractivity contribution >= 4 is 11.8 Å². The van der Waals surface area contributed by atoms with Crippen LogP contribution in [0.4, 0.5) is 5.82 Å². The van der Waals surface area contributed by atoms with E-state index in [-0.39, 0.29) is 11.4 Å². The van der Waals surface area contributed by atoms with Crippen LogP contribution >= 0.6 is 0 Å². The van der Waals surface area contributed by atoms with E-state index in [2.05, 4.69) is 15.5 Å². The van der Waals surface area contributed by atoms with Crippen LogP contribution < -0.4 is 5.32 Å². The Balaban J connectivity index is 3.04. The van der Waals surface area contributed by atoms with Crippen molar-refractivity contribution in [2.24, 2.45) is 0 Å². The Labute approximate surface area is 92.9 Å². The molecule has 0 radical (unpaired) electrons. The highest BCUT2D eigenvalue weighted by Gasteiger charge is 2.32. The highest BCUT2D eigenvalue weighted by molar-refractivity contribution is 5.82. The molecule has 1 heterocycles. The molecule has 0 bridgehead atoms. The van der Waals surface area contributed by atoms with Gasteiger partial charge in [0.1, 0.15) is 11.6 Å². The van der Waals surface area contributed by atoms with Crippen LogP contribution in [0.25, 0.3) is 0 Å². The molecular formula is C10H12N4O2. The molecule has 1 aromatic rings. The molecule has 0 fully saturated rings. The molecule has 0 spiro atoms. The molecular weight excluding hydrogens is 208 g/mol. The van der Waals surface area contributed by atoms with E-state index in [1.165, 1.54) is 19.2 Å². The van der Waals surface area contributed by atoms with Crippen LogP contribution in [0.5, 0.6) is 0 Å². The fraction of sp³-hybridized carbons (Fsp3) is 0.400. The van der Waals surface area contributed by atoms with Gasteiger partial charge in [-0.3, -0.25) is 0 Å². The molecule has 0 aliphatic heterocycles. The Kier molecular flexibility index (Phi) is 3.40. The van der Waals surface area contributed by atoms with Crippen LogP contribution in [-0.2, 0) is 4.79 Å². The summed E-state index contributed by atoms with van der Waals surface area (Å²) < 4.78 is 0. The fourth-order valence-corrected chi connectivity index (χ4v) is 1.07. The predicted octanol–water partition coefficient (Wildman–Crippen LogP) is 1.01. The second-order valence-electron chi connectivity index (χ2n) is 3.52. The van der Waals surface area contributed by atoms with E-state index < -0.39 is 11.5 Å². The van der Waals surface area contributed by atoms with Gasteiger partial charge in [0.25, 0.3) is 0 Å². The van der Waals surface area contributed by atoms with Gasteiger partial charge in [0.05, 0.1) is 11.8 Å². The lowest BCUT2D eigenvalue weighted by molar-refractivity contribution is -0.141. The van der Waals surface area contributed by atoms with Gasteiger partial charge in [-0.15, -0.1) is 5.10 Å². The lowest BCUT2D eigenvalue weighted by atomic mass is 9.99. The summed E-state index contributed by atoms with van der Waals surface area (Å²) in [6.45, 7) is 3.27. The minimum atomic E-state index is -1.15. The van der Waals surface area contributed by atoms with Crippen molar-refractivity contribution in [3.05, 3.63) is 17.8 Å². The lowest BCUT2D eigenvalue weighted by Crippen LogP contribution is -2.43. The Morgan fingerprint density at radius 1 is 1.75 bits per heavy atom. The first kappa shape index (κ1) is 11.9. The van der Waals surface area contributed by atoms with Crippen LogP contribution in [0.2, 0.25) is 0 Å². The number of carbonyl (C=O) groups is 1. The van der Waals surface area contributed by atoms with Crippen LogP contribution in [0.3, 0.4) is 0 Å². The van der Waals surface area contributed by atoms with Gasteiger partial charge >= 0.3 is 5.97 Å². The zero-order valence-corrected chi connectivity index (χ0v) is 9.06. The zero-order valence-electron chi connectivity index (χ0n) is 9.06. The molecule has 6 nitrogen and oxygen atoms in total. The molecule has 0 aliphatic carbocycles. The van der Waals surface area contributed by atoms with E-state index in [0.717, 1.165) is 0 Å². The summed E-state index contributed by atoms with van der Waals surface area (Å²) in [4.78, 5) is 11.1. The maximum absolute atomic E-state index is 11.1. The SMILES string of the molecule is CCC(C)(Nc1nnccc1C#N)C(=O)O. The molecule has 2 N–H and O–H groups in total. The first-order valence-corrected chi connectivity index (χ1v) is 4.77. The Hall–Kier alpha value is -2.16. The molecule has 0 aliphatic rings. The number of aromatic nitrogens is 2. The Morgan fingerprint density at radius 3 is 2.94 bits per heavy atom. The molecule has 16 heavy (non-hydrogen) atoms. The number of hydrogen-bond acceptors (Lipinski definition) is 5.